The van der Waals surface area contributed by atoms with Crippen molar-refractivity contribution in [1.82, 2.24) is 14.7 Å². The summed E-state index contributed by atoms with van der Waals surface area (Å²) in [6, 6.07) is 13.7. The second kappa shape index (κ2) is 10.8. The van der Waals surface area contributed by atoms with Gasteiger partial charge in [0.2, 0.25) is 11.8 Å². The molecule has 0 aliphatic carbocycles. The van der Waals surface area contributed by atoms with Crippen LogP contribution in [0.5, 0.6) is 0 Å². The van der Waals surface area contributed by atoms with Gasteiger partial charge in [-0.2, -0.15) is 5.10 Å². The summed E-state index contributed by atoms with van der Waals surface area (Å²) >= 11 is 3.04. The van der Waals surface area contributed by atoms with Crippen LogP contribution in [-0.2, 0) is 16.1 Å². The summed E-state index contributed by atoms with van der Waals surface area (Å²) in [6.45, 7) is 1.40. The van der Waals surface area contributed by atoms with Crippen LogP contribution in [0.4, 0.5) is 5.69 Å². The van der Waals surface area contributed by atoms with Crippen LogP contribution < -0.4 is 5.32 Å². The molecule has 2 N–H and O–H groups in total. The Hall–Kier alpha value is -2.62. The van der Waals surface area contributed by atoms with Crippen molar-refractivity contribution in [1.29, 1.82) is 0 Å². The number of anilines is 1. The number of aromatic nitrogens is 2. The highest BCUT2D eigenvalue weighted by Crippen LogP contribution is 2.33. The van der Waals surface area contributed by atoms with E-state index in [-0.39, 0.29) is 24.3 Å². The van der Waals surface area contributed by atoms with Gasteiger partial charge in [-0.1, -0.05) is 24.3 Å². The van der Waals surface area contributed by atoms with E-state index in [1.165, 1.54) is 11.8 Å². The average Bonchev–Trinajstić information content (AvgIpc) is 3.51. The first-order chi connectivity index (χ1) is 15.6. The smallest absolute Gasteiger partial charge is 0.244 e. The molecule has 7 nitrogen and oxygen atoms in total. The molecule has 1 aliphatic heterocycles. The lowest BCUT2D eigenvalue weighted by Gasteiger charge is -2.34. The van der Waals surface area contributed by atoms with E-state index in [1.807, 2.05) is 52.7 Å². The first-order valence-electron chi connectivity index (χ1n) is 10.6. The van der Waals surface area contributed by atoms with Crippen LogP contribution in [0.2, 0.25) is 0 Å². The number of aliphatic hydroxyl groups is 1. The van der Waals surface area contributed by atoms with E-state index in [1.54, 1.807) is 28.4 Å². The number of aliphatic hydroxyl groups excluding tert-OH is 1. The van der Waals surface area contributed by atoms with Crippen LogP contribution >= 0.6 is 23.1 Å². The number of carbonyl (C=O) groups excluding carboxylic acids is 2. The minimum Gasteiger partial charge on any atom is -0.387 e. The molecule has 0 spiro atoms. The van der Waals surface area contributed by atoms with Crippen molar-refractivity contribution in [3.05, 3.63) is 65.1 Å². The van der Waals surface area contributed by atoms with Gasteiger partial charge in [-0.05, 0) is 42.3 Å². The van der Waals surface area contributed by atoms with Gasteiger partial charge in [-0.15, -0.1) is 23.1 Å². The molecule has 3 heterocycles. The van der Waals surface area contributed by atoms with Crippen LogP contribution in [0.3, 0.4) is 0 Å². The summed E-state index contributed by atoms with van der Waals surface area (Å²) in [6.07, 6.45) is 4.34. The number of likely N-dealkylation sites (tertiary alicyclic amines) is 1. The second-order valence-corrected chi connectivity index (χ2v) is 9.78. The van der Waals surface area contributed by atoms with Crippen molar-refractivity contribution in [2.75, 3.05) is 24.2 Å². The van der Waals surface area contributed by atoms with Crippen molar-refractivity contribution in [3.63, 3.8) is 0 Å². The van der Waals surface area contributed by atoms with Crippen LogP contribution in [-0.4, -0.2) is 50.4 Å². The van der Waals surface area contributed by atoms with Gasteiger partial charge in [0.05, 0.1) is 23.7 Å². The molecule has 0 saturated carbocycles. The molecule has 2 aromatic heterocycles. The van der Waals surface area contributed by atoms with E-state index < -0.39 is 6.10 Å². The lowest BCUT2D eigenvalue weighted by atomic mass is 9.90. The average molecular weight is 471 g/mol. The molecule has 0 radical (unpaired) electrons. The molecule has 1 saturated heterocycles. The molecule has 32 heavy (non-hydrogen) atoms. The van der Waals surface area contributed by atoms with Crippen molar-refractivity contribution >= 4 is 40.6 Å². The third-order valence-corrected chi connectivity index (χ3v) is 7.46. The minimum atomic E-state index is -0.454. The predicted molar refractivity (Wildman–Crippen MR) is 127 cm³/mol. The number of thiophene rings is 1. The zero-order valence-electron chi connectivity index (χ0n) is 17.6. The van der Waals surface area contributed by atoms with E-state index in [4.69, 9.17) is 0 Å². The number of amides is 2. The third kappa shape index (κ3) is 5.99. The third-order valence-electron chi connectivity index (χ3n) is 5.50. The number of piperidine rings is 1. The van der Waals surface area contributed by atoms with Crippen LogP contribution in [0.1, 0.15) is 23.8 Å². The predicted octanol–water partition coefficient (Wildman–Crippen LogP) is 3.65. The summed E-state index contributed by atoms with van der Waals surface area (Å²) in [5.41, 5.74) is 0.578. The Balaban J connectivity index is 1.21. The summed E-state index contributed by atoms with van der Waals surface area (Å²) in [4.78, 5) is 28.7. The monoisotopic (exact) mass is 470 g/mol. The molecule has 1 fully saturated rings. The zero-order chi connectivity index (χ0) is 22.3. The van der Waals surface area contributed by atoms with E-state index in [2.05, 4.69) is 10.4 Å². The Morgan fingerprint density at radius 2 is 1.97 bits per heavy atom. The Bertz CT molecular complexity index is 1020. The van der Waals surface area contributed by atoms with Gasteiger partial charge >= 0.3 is 0 Å². The van der Waals surface area contributed by atoms with Gasteiger partial charge in [0.15, 0.2) is 0 Å². The Kier molecular flexibility index (Phi) is 7.62. The number of nitrogens with one attached hydrogen (secondary N) is 1. The molecule has 9 heteroatoms. The lowest BCUT2D eigenvalue weighted by molar-refractivity contribution is -0.134. The highest BCUT2D eigenvalue weighted by atomic mass is 32.2. The van der Waals surface area contributed by atoms with Crippen molar-refractivity contribution in [2.45, 2.75) is 30.4 Å². The highest BCUT2D eigenvalue weighted by Gasteiger charge is 2.28. The van der Waals surface area contributed by atoms with E-state index in [9.17, 15) is 14.7 Å². The zero-order valence-corrected chi connectivity index (χ0v) is 19.2. The molecule has 2 amide bonds. The van der Waals surface area contributed by atoms with Gasteiger partial charge in [0, 0.05) is 29.1 Å². The number of hydrogen-bond acceptors (Lipinski definition) is 6. The maximum atomic E-state index is 12.7. The molecule has 3 aromatic rings. The minimum absolute atomic E-state index is 0.00493. The van der Waals surface area contributed by atoms with Crippen LogP contribution in [0, 0.1) is 5.92 Å². The molecular formula is C23H26N4O3S2. The number of nitrogens with zero attached hydrogens (tertiary/aromatic N) is 3. The fourth-order valence-corrected chi connectivity index (χ4v) is 5.30. The first-order valence-corrected chi connectivity index (χ1v) is 12.4. The topological polar surface area (TPSA) is 87.5 Å². The second-order valence-electron chi connectivity index (χ2n) is 7.75. The highest BCUT2D eigenvalue weighted by molar-refractivity contribution is 8.00. The summed E-state index contributed by atoms with van der Waals surface area (Å²) < 4.78 is 1.55. The Labute approximate surface area is 195 Å². The molecule has 168 valence electrons. The number of hydrogen-bond donors (Lipinski definition) is 2. The molecule has 1 aliphatic rings. The summed E-state index contributed by atoms with van der Waals surface area (Å²) in [7, 11) is 0. The molecule has 0 bridgehead atoms. The molecule has 0 unspecified atom stereocenters. The fourth-order valence-electron chi connectivity index (χ4n) is 3.77. The largest absolute Gasteiger partial charge is 0.387 e. The molecule has 4 rings (SSSR count). The Morgan fingerprint density at radius 3 is 2.69 bits per heavy atom. The summed E-state index contributed by atoms with van der Waals surface area (Å²) in [5, 5.41) is 19.5. The lowest BCUT2D eigenvalue weighted by Crippen LogP contribution is -2.41. The fraction of sp³-hybridized carbons (Fsp3) is 0.348. The standard InChI is InChI=1S/C23H26N4O3S2/c28-21(16-32-19-5-2-1-3-6-19)25-18-13-24-27(14-18)15-22(29)26-10-8-17(9-11-26)23(30)20-7-4-12-31-20/h1-7,12-14,17,23,30H,8-11,15-16H2,(H,25,28)/t23-/m1/s1. The number of rotatable bonds is 8. The number of carbonyl (C=O) groups is 2. The van der Waals surface area contributed by atoms with E-state index in [0.717, 1.165) is 22.6 Å². The van der Waals surface area contributed by atoms with Gasteiger partial charge in [0.25, 0.3) is 0 Å². The SMILES string of the molecule is O=C(CSc1ccccc1)Nc1cnn(CC(=O)N2CCC([C@@H](O)c3cccs3)CC2)c1. The first kappa shape index (κ1) is 22.6. The van der Waals surface area contributed by atoms with Gasteiger partial charge in [-0.3, -0.25) is 14.3 Å². The van der Waals surface area contributed by atoms with Crippen LogP contribution in [0.25, 0.3) is 0 Å². The van der Waals surface area contributed by atoms with Crippen LogP contribution in [0.15, 0.2) is 65.1 Å². The van der Waals surface area contributed by atoms with E-state index >= 15 is 0 Å². The summed E-state index contributed by atoms with van der Waals surface area (Å²) in [5.74, 6) is 0.365. The van der Waals surface area contributed by atoms with Crippen molar-refractivity contribution in [2.24, 2.45) is 5.92 Å². The van der Waals surface area contributed by atoms with Gasteiger partial charge in [-0.25, -0.2) is 0 Å². The van der Waals surface area contributed by atoms with E-state index in [0.29, 0.717) is 24.5 Å². The van der Waals surface area contributed by atoms with Crippen molar-refractivity contribution in [3.8, 4) is 0 Å². The van der Waals surface area contributed by atoms with Gasteiger partial charge in [0.1, 0.15) is 6.54 Å². The maximum absolute atomic E-state index is 12.7. The maximum Gasteiger partial charge on any atom is 0.244 e. The molecular weight excluding hydrogens is 444 g/mol. The normalized spacial score (nSPS) is 15.5. The Morgan fingerprint density at radius 1 is 1.19 bits per heavy atom. The molecule has 1 atom stereocenters. The molecule has 1 aromatic carbocycles. The van der Waals surface area contributed by atoms with Gasteiger partial charge < -0.3 is 15.3 Å². The number of benzene rings is 1. The number of thioether (sulfide) groups is 1. The quantitative estimate of drug-likeness (QED) is 0.491. The van der Waals surface area contributed by atoms with Crippen molar-refractivity contribution < 1.29 is 14.7 Å².